The van der Waals surface area contributed by atoms with E-state index >= 15 is 0 Å². The molecule has 2 rings (SSSR count). The van der Waals surface area contributed by atoms with Crippen LogP contribution in [0, 0.1) is 12.7 Å². The molecule has 2 nitrogen and oxygen atoms in total. The van der Waals surface area contributed by atoms with Crippen LogP contribution in [0.1, 0.15) is 24.1 Å². The molecule has 0 aliphatic rings. The summed E-state index contributed by atoms with van der Waals surface area (Å²) < 4.78 is 15.7. The summed E-state index contributed by atoms with van der Waals surface area (Å²) in [6.07, 6.45) is 0. The van der Waals surface area contributed by atoms with Crippen LogP contribution in [-0.4, -0.2) is 11.1 Å². The first kappa shape index (κ1) is 11.1. The lowest BCUT2D eigenvalue weighted by Gasteiger charge is -2.12. The fourth-order valence-electron chi connectivity index (χ4n) is 2.48. The Balaban J connectivity index is 2.82. The van der Waals surface area contributed by atoms with Crippen molar-refractivity contribution in [2.24, 2.45) is 12.8 Å². The summed E-state index contributed by atoms with van der Waals surface area (Å²) in [5.41, 5.74) is 8.63. The van der Waals surface area contributed by atoms with Gasteiger partial charge in [-0.2, -0.15) is 0 Å². The van der Waals surface area contributed by atoms with Gasteiger partial charge in [0.15, 0.2) is 0 Å². The van der Waals surface area contributed by atoms with Gasteiger partial charge < -0.3 is 10.3 Å². The molecule has 1 aromatic heterocycles. The third-order valence-electron chi connectivity index (χ3n) is 3.29. The molecule has 1 aromatic carbocycles. The molecule has 16 heavy (non-hydrogen) atoms. The molecular weight excluding hydrogens is 203 g/mol. The standard InChI is InChI=1S/C13H17FN2/c1-8(7-15)12-9(2)10-5-4-6-11(14)13(10)16(12)3/h4-6,8H,7,15H2,1-3H3. The number of aryl methyl sites for hydroxylation is 2. The van der Waals surface area contributed by atoms with Crippen molar-refractivity contribution >= 4 is 10.9 Å². The van der Waals surface area contributed by atoms with E-state index in [-0.39, 0.29) is 11.7 Å². The van der Waals surface area contributed by atoms with E-state index in [4.69, 9.17) is 5.73 Å². The largest absolute Gasteiger partial charge is 0.345 e. The maximum atomic E-state index is 13.8. The van der Waals surface area contributed by atoms with Gasteiger partial charge in [-0.25, -0.2) is 4.39 Å². The van der Waals surface area contributed by atoms with Crippen molar-refractivity contribution in [1.82, 2.24) is 4.57 Å². The zero-order valence-corrected chi connectivity index (χ0v) is 9.92. The Morgan fingerprint density at radius 1 is 1.44 bits per heavy atom. The molecule has 0 spiro atoms. The third kappa shape index (κ3) is 1.43. The summed E-state index contributed by atoms with van der Waals surface area (Å²) in [5.74, 6) is 0.0790. The Morgan fingerprint density at radius 2 is 2.12 bits per heavy atom. The number of nitrogens with two attached hydrogens (primary N) is 1. The molecule has 1 heterocycles. The molecule has 0 radical (unpaired) electrons. The maximum Gasteiger partial charge on any atom is 0.147 e. The summed E-state index contributed by atoms with van der Waals surface area (Å²) in [7, 11) is 1.90. The summed E-state index contributed by atoms with van der Waals surface area (Å²) in [5, 5.41) is 0.984. The number of hydrogen-bond donors (Lipinski definition) is 1. The molecule has 86 valence electrons. The molecule has 0 bridgehead atoms. The van der Waals surface area contributed by atoms with E-state index < -0.39 is 0 Å². The van der Waals surface area contributed by atoms with Crippen LogP contribution >= 0.6 is 0 Å². The van der Waals surface area contributed by atoms with E-state index in [1.807, 2.05) is 24.6 Å². The van der Waals surface area contributed by atoms with Gasteiger partial charge in [-0.1, -0.05) is 19.1 Å². The van der Waals surface area contributed by atoms with Gasteiger partial charge in [-0.3, -0.25) is 0 Å². The first-order valence-electron chi connectivity index (χ1n) is 5.51. The number of para-hydroxylation sites is 1. The SMILES string of the molecule is Cc1c(C(C)CN)n(C)c2c(F)cccc12. The fourth-order valence-corrected chi connectivity index (χ4v) is 2.48. The monoisotopic (exact) mass is 220 g/mol. The first-order chi connectivity index (χ1) is 7.57. The topological polar surface area (TPSA) is 30.9 Å². The van der Waals surface area contributed by atoms with Crippen LogP contribution in [0.4, 0.5) is 4.39 Å². The van der Waals surface area contributed by atoms with E-state index in [9.17, 15) is 4.39 Å². The predicted octanol–water partition coefficient (Wildman–Crippen LogP) is 2.69. The highest BCUT2D eigenvalue weighted by Crippen LogP contribution is 2.30. The molecule has 0 fully saturated rings. The fraction of sp³-hybridized carbons (Fsp3) is 0.385. The van der Waals surface area contributed by atoms with Gasteiger partial charge in [0.1, 0.15) is 5.82 Å². The Bertz CT molecular complexity index is 528. The summed E-state index contributed by atoms with van der Waals surface area (Å²) in [6.45, 7) is 4.68. The minimum atomic E-state index is -0.168. The zero-order valence-electron chi connectivity index (χ0n) is 9.92. The molecule has 2 aromatic rings. The lowest BCUT2D eigenvalue weighted by molar-refractivity contribution is 0.625. The van der Waals surface area contributed by atoms with Crippen molar-refractivity contribution < 1.29 is 4.39 Å². The summed E-state index contributed by atoms with van der Waals surface area (Å²) in [4.78, 5) is 0. The highest BCUT2D eigenvalue weighted by atomic mass is 19.1. The second kappa shape index (κ2) is 3.91. The zero-order chi connectivity index (χ0) is 11.9. The molecule has 1 unspecified atom stereocenters. The lowest BCUT2D eigenvalue weighted by atomic mass is 10.0. The number of benzene rings is 1. The lowest BCUT2D eigenvalue weighted by Crippen LogP contribution is -2.13. The average molecular weight is 220 g/mol. The molecule has 0 aliphatic carbocycles. The molecule has 2 N–H and O–H groups in total. The van der Waals surface area contributed by atoms with Crippen molar-refractivity contribution in [2.75, 3.05) is 6.54 Å². The van der Waals surface area contributed by atoms with Crippen LogP contribution in [0.15, 0.2) is 18.2 Å². The van der Waals surface area contributed by atoms with Crippen molar-refractivity contribution in [1.29, 1.82) is 0 Å². The highest BCUT2D eigenvalue weighted by Gasteiger charge is 2.17. The Labute approximate surface area is 94.9 Å². The van der Waals surface area contributed by atoms with Crippen molar-refractivity contribution in [3.05, 3.63) is 35.3 Å². The minimum absolute atomic E-state index is 0.168. The quantitative estimate of drug-likeness (QED) is 0.828. The van der Waals surface area contributed by atoms with Gasteiger partial charge in [0, 0.05) is 30.6 Å². The van der Waals surface area contributed by atoms with Crippen molar-refractivity contribution in [3.8, 4) is 0 Å². The van der Waals surface area contributed by atoms with Gasteiger partial charge in [0.2, 0.25) is 0 Å². The van der Waals surface area contributed by atoms with Crippen LogP contribution < -0.4 is 5.73 Å². The number of hydrogen-bond acceptors (Lipinski definition) is 1. The third-order valence-corrected chi connectivity index (χ3v) is 3.29. The van der Waals surface area contributed by atoms with Crippen LogP contribution in [0.3, 0.4) is 0 Å². The number of fused-ring (bicyclic) bond motifs is 1. The molecule has 0 saturated heterocycles. The minimum Gasteiger partial charge on any atom is -0.345 e. The van der Waals surface area contributed by atoms with Crippen LogP contribution in [0.5, 0.6) is 0 Å². The van der Waals surface area contributed by atoms with Gasteiger partial charge in [0.25, 0.3) is 0 Å². The summed E-state index contributed by atoms with van der Waals surface area (Å²) >= 11 is 0. The Morgan fingerprint density at radius 3 is 2.69 bits per heavy atom. The van der Waals surface area contributed by atoms with Crippen molar-refractivity contribution in [2.45, 2.75) is 19.8 Å². The molecular formula is C13H17FN2. The highest BCUT2D eigenvalue weighted by molar-refractivity contribution is 5.86. The second-order valence-electron chi connectivity index (χ2n) is 4.34. The van der Waals surface area contributed by atoms with Gasteiger partial charge >= 0.3 is 0 Å². The van der Waals surface area contributed by atoms with Gasteiger partial charge in [-0.15, -0.1) is 0 Å². The van der Waals surface area contributed by atoms with Crippen molar-refractivity contribution in [3.63, 3.8) is 0 Å². The molecule has 1 atom stereocenters. The molecule has 0 amide bonds. The second-order valence-corrected chi connectivity index (χ2v) is 4.34. The first-order valence-corrected chi connectivity index (χ1v) is 5.51. The van der Waals surface area contributed by atoms with E-state index in [1.54, 1.807) is 6.07 Å². The molecule has 0 saturated carbocycles. The maximum absolute atomic E-state index is 13.8. The Kier molecular flexibility index (Phi) is 2.72. The average Bonchev–Trinajstić information content (AvgIpc) is 2.52. The normalized spacial score (nSPS) is 13.3. The van der Waals surface area contributed by atoms with E-state index in [2.05, 4.69) is 6.92 Å². The predicted molar refractivity (Wildman–Crippen MR) is 65.1 cm³/mol. The van der Waals surface area contributed by atoms with Crippen LogP contribution in [0.25, 0.3) is 10.9 Å². The van der Waals surface area contributed by atoms with Crippen LogP contribution in [0.2, 0.25) is 0 Å². The Hall–Kier alpha value is -1.35. The number of nitrogens with zero attached hydrogens (tertiary/aromatic N) is 1. The van der Waals surface area contributed by atoms with E-state index in [0.717, 1.165) is 16.6 Å². The van der Waals surface area contributed by atoms with Gasteiger partial charge in [0.05, 0.1) is 5.52 Å². The number of aromatic nitrogens is 1. The van der Waals surface area contributed by atoms with E-state index in [0.29, 0.717) is 12.1 Å². The summed E-state index contributed by atoms with van der Waals surface area (Å²) in [6, 6.07) is 5.21. The molecule has 3 heteroatoms. The number of halogens is 1. The number of rotatable bonds is 2. The smallest absolute Gasteiger partial charge is 0.147 e. The molecule has 0 aliphatic heterocycles. The van der Waals surface area contributed by atoms with Gasteiger partial charge in [-0.05, 0) is 18.6 Å². The van der Waals surface area contributed by atoms with Crippen LogP contribution in [-0.2, 0) is 7.05 Å². The van der Waals surface area contributed by atoms with E-state index in [1.165, 1.54) is 6.07 Å².